The summed E-state index contributed by atoms with van der Waals surface area (Å²) >= 11 is 0. The average molecular weight is 315 g/mol. The summed E-state index contributed by atoms with van der Waals surface area (Å²) in [6, 6.07) is 7.60. The van der Waals surface area contributed by atoms with E-state index in [0.717, 1.165) is 0 Å². The van der Waals surface area contributed by atoms with Crippen molar-refractivity contribution in [3.05, 3.63) is 45.5 Å². The van der Waals surface area contributed by atoms with E-state index in [9.17, 15) is 20.2 Å². The summed E-state index contributed by atoms with van der Waals surface area (Å²) in [5.74, 6) is -0.354. The minimum atomic E-state index is -0.500. The monoisotopic (exact) mass is 315 g/mol. The normalized spacial score (nSPS) is 21.6. The Bertz CT molecular complexity index is 666. The molecule has 0 aromatic heterocycles. The van der Waals surface area contributed by atoms with Gasteiger partial charge in [0.1, 0.15) is 11.6 Å². The molecule has 120 valence electrons. The lowest BCUT2D eigenvalue weighted by Gasteiger charge is -2.35. The molecule has 1 amide bonds. The molecule has 0 radical (unpaired) electrons. The number of nitro groups is 1. The Morgan fingerprint density at radius 3 is 2.39 bits per heavy atom. The molecule has 1 aliphatic heterocycles. The predicted octanol–water partition coefficient (Wildman–Crippen LogP) is 2.14. The number of ether oxygens (including phenoxy) is 1. The van der Waals surface area contributed by atoms with Gasteiger partial charge >= 0.3 is 0 Å². The quantitative estimate of drug-likeness (QED) is 0.368. The van der Waals surface area contributed by atoms with Gasteiger partial charge in [0.25, 0.3) is 11.6 Å². The summed E-state index contributed by atoms with van der Waals surface area (Å²) in [5, 5.41) is 19.9. The van der Waals surface area contributed by atoms with Crippen molar-refractivity contribution in [1.82, 2.24) is 4.90 Å². The number of nitrogens with zero attached hydrogens (tertiary/aromatic N) is 3. The fraction of sp³-hybridized carbons (Fsp3) is 0.375. The lowest BCUT2D eigenvalue weighted by Crippen LogP contribution is -2.48. The molecule has 7 nitrogen and oxygen atoms in total. The first-order chi connectivity index (χ1) is 10.9. The first-order valence-electron chi connectivity index (χ1n) is 7.21. The molecule has 0 aliphatic carbocycles. The Kier molecular flexibility index (Phi) is 5.09. The van der Waals surface area contributed by atoms with Crippen molar-refractivity contribution in [2.45, 2.75) is 26.1 Å². The number of nitro benzene ring substituents is 1. The van der Waals surface area contributed by atoms with Crippen LogP contribution in [0, 0.1) is 21.4 Å². The van der Waals surface area contributed by atoms with Gasteiger partial charge in [-0.05, 0) is 37.6 Å². The fourth-order valence-electron chi connectivity index (χ4n) is 2.51. The topological polar surface area (TPSA) is 96.5 Å². The van der Waals surface area contributed by atoms with E-state index >= 15 is 0 Å². The van der Waals surface area contributed by atoms with E-state index in [0.29, 0.717) is 18.7 Å². The second-order valence-electron chi connectivity index (χ2n) is 5.49. The highest BCUT2D eigenvalue weighted by molar-refractivity contribution is 6.01. The van der Waals surface area contributed by atoms with Gasteiger partial charge in [0.15, 0.2) is 0 Å². The number of hydrogen-bond donors (Lipinski definition) is 0. The van der Waals surface area contributed by atoms with Crippen LogP contribution in [0.5, 0.6) is 0 Å². The van der Waals surface area contributed by atoms with Crippen LogP contribution in [0.2, 0.25) is 0 Å². The fourth-order valence-corrected chi connectivity index (χ4v) is 2.51. The number of carbonyl (C=O) groups is 1. The SMILES string of the molecule is C[C@@H]1CN(C(=O)/C(C#N)=C/c2ccc([N+](=O)[O-])cc2)C[C@@H](C)O1. The number of carbonyl (C=O) groups excluding carboxylic acids is 1. The molecule has 1 saturated heterocycles. The molecule has 2 atom stereocenters. The molecule has 0 spiro atoms. The van der Waals surface area contributed by atoms with Gasteiger partial charge in [0.05, 0.1) is 17.1 Å². The van der Waals surface area contributed by atoms with Crippen LogP contribution >= 0.6 is 0 Å². The van der Waals surface area contributed by atoms with Gasteiger partial charge in [-0.1, -0.05) is 0 Å². The highest BCUT2D eigenvalue weighted by Crippen LogP contribution is 2.17. The van der Waals surface area contributed by atoms with Crippen molar-refractivity contribution < 1.29 is 14.5 Å². The second-order valence-corrected chi connectivity index (χ2v) is 5.49. The number of amides is 1. The zero-order chi connectivity index (χ0) is 17.0. The highest BCUT2D eigenvalue weighted by atomic mass is 16.6. The largest absolute Gasteiger partial charge is 0.372 e. The summed E-state index contributed by atoms with van der Waals surface area (Å²) in [7, 11) is 0. The number of benzene rings is 1. The maximum atomic E-state index is 12.5. The summed E-state index contributed by atoms with van der Waals surface area (Å²) in [5.41, 5.74) is 0.526. The molecule has 1 fully saturated rings. The number of hydrogen-bond acceptors (Lipinski definition) is 5. The third-order valence-corrected chi connectivity index (χ3v) is 3.47. The Labute approximate surface area is 133 Å². The lowest BCUT2D eigenvalue weighted by molar-refractivity contribution is -0.384. The minimum Gasteiger partial charge on any atom is -0.372 e. The molecule has 0 saturated carbocycles. The molecule has 7 heteroatoms. The van der Waals surface area contributed by atoms with Gasteiger partial charge < -0.3 is 9.64 Å². The van der Waals surface area contributed by atoms with Crippen LogP contribution in [0.4, 0.5) is 5.69 Å². The predicted molar refractivity (Wildman–Crippen MR) is 83.3 cm³/mol. The highest BCUT2D eigenvalue weighted by Gasteiger charge is 2.27. The van der Waals surface area contributed by atoms with Crippen LogP contribution in [-0.4, -0.2) is 41.0 Å². The Hall–Kier alpha value is -2.72. The molecule has 1 aromatic rings. The van der Waals surface area contributed by atoms with Crippen molar-refractivity contribution in [3.63, 3.8) is 0 Å². The van der Waals surface area contributed by atoms with E-state index < -0.39 is 4.92 Å². The van der Waals surface area contributed by atoms with Crippen molar-refractivity contribution in [3.8, 4) is 6.07 Å². The van der Waals surface area contributed by atoms with Crippen LogP contribution in [0.15, 0.2) is 29.8 Å². The smallest absolute Gasteiger partial charge is 0.269 e. The summed E-state index contributed by atoms with van der Waals surface area (Å²) in [4.78, 5) is 24.2. The van der Waals surface area contributed by atoms with Crippen LogP contribution in [0.1, 0.15) is 19.4 Å². The van der Waals surface area contributed by atoms with Crippen LogP contribution < -0.4 is 0 Å². The van der Waals surface area contributed by atoms with Crippen molar-refractivity contribution in [2.24, 2.45) is 0 Å². The summed E-state index contributed by atoms with van der Waals surface area (Å²) < 4.78 is 5.57. The van der Waals surface area contributed by atoms with Gasteiger partial charge in [-0.2, -0.15) is 5.26 Å². The summed E-state index contributed by atoms with van der Waals surface area (Å²) in [6.07, 6.45) is 1.28. The van der Waals surface area contributed by atoms with Crippen LogP contribution in [0.25, 0.3) is 6.08 Å². The van der Waals surface area contributed by atoms with E-state index in [4.69, 9.17) is 4.74 Å². The van der Waals surface area contributed by atoms with Gasteiger partial charge in [-0.25, -0.2) is 0 Å². The molecular formula is C16H17N3O4. The molecule has 0 unspecified atom stereocenters. The minimum absolute atomic E-state index is 0.000142. The third-order valence-electron chi connectivity index (χ3n) is 3.47. The molecule has 0 bridgehead atoms. The zero-order valence-electron chi connectivity index (χ0n) is 12.9. The Balaban J connectivity index is 2.19. The molecule has 0 N–H and O–H groups in total. The first kappa shape index (κ1) is 16.6. The van der Waals surface area contributed by atoms with Gasteiger partial charge in [-0.3, -0.25) is 14.9 Å². The number of morpholine rings is 1. The number of rotatable bonds is 3. The van der Waals surface area contributed by atoms with E-state index in [1.54, 1.807) is 4.90 Å². The third kappa shape index (κ3) is 4.14. The second kappa shape index (κ2) is 7.03. The molecular weight excluding hydrogens is 298 g/mol. The Morgan fingerprint density at radius 2 is 1.91 bits per heavy atom. The number of nitriles is 1. The average Bonchev–Trinajstić information content (AvgIpc) is 2.51. The van der Waals surface area contributed by atoms with Gasteiger partial charge in [0, 0.05) is 25.2 Å². The molecule has 1 heterocycles. The van der Waals surface area contributed by atoms with Crippen LogP contribution in [0.3, 0.4) is 0 Å². The molecule has 1 aromatic carbocycles. The molecule has 1 aliphatic rings. The van der Waals surface area contributed by atoms with Crippen molar-refractivity contribution in [1.29, 1.82) is 5.26 Å². The Morgan fingerprint density at radius 1 is 1.35 bits per heavy atom. The van der Waals surface area contributed by atoms with Crippen LogP contribution in [-0.2, 0) is 9.53 Å². The van der Waals surface area contributed by atoms with E-state index in [1.807, 2.05) is 19.9 Å². The first-order valence-corrected chi connectivity index (χ1v) is 7.21. The zero-order valence-corrected chi connectivity index (χ0v) is 12.9. The van der Waals surface area contributed by atoms with Gasteiger partial charge in [-0.15, -0.1) is 0 Å². The van der Waals surface area contributed by atoms with E-state index in [2.05, 4.69) is 0 Å². The number of non-ortho nitro benzene ring substituents is 1. The maximum absolute atomic E-state index is 12.5. The molecule has 23 heavy (non-hydrogen) atoms. The van der Waals surface area contributed by atoms with E-state index in [1.165, 1.54) is 30.3 Å². The van der Waals surface area contributed by atoms with Crippen molar-refractivity contribution >= 4 is 17.7 Å². The van der Waals surface area contributed by atoms with Gasteiger partial charge in [0.2, 0.25) is 0 Å². The maximum Gasteiger partial charge on any atom is 0.269 e. The van der Waals surface area contributed by atoms with E-state index in [-0.39, 0.29) is 29.4 Å². The standard InChI is InChI=1S/C16H17N3O4/c1-11-9-18(10-12(2)23-11)16(20)14(8-17)7-13-3-5-15(6-4-13)19(21)22/h3-7,11-12H,9-10H2,1-2H3/b14-7+/t11-,12-/m1/s1. The lowest BCUT2D eigenvalue weighted by atomic mass is 10.1. The molecule has 2 rings (SSSR count). The van der Waals surface area contributed by atoms with Crippen molar-refractivity contribution in [2.75, 3.05) is 13.1 Å². The summed E-state index contributed by atoms with van der Waals surface area (Å²) in [6.45, 7) is 4.62.